The lowest BCUT2D eigenvalue weighted by molar-refractivity contribution is -0.116. The van der Waals surface area contributed by atoms with Crippen LogP contribution in [0.3, 0.4) is 0 Å². The van der Waals surface area contributed by atoms with Crippen LogP contribution in [-0.2, 0) is 11.3 Å². The van der Waals surface area contributed by atoms with Gasteiger partial charge in [-0.2, -0.15) is 0 Å². The number of aryl methyl sites for hydroxylation is 1. The van der Waals surface area contributed by atoms with E-state index in [4.69, 9.17) is 0 Å². The lowest BCUT2D eigenvalue weighted by atomic mass is 10.2. The maximum atomic E-state index is 13.6. The number of benzene rings is 2. The van der Waals surface area contributed by atoms with E-state index in [1.165, 1.54) is 4.57 Å². The van der Waals surface area contributed by atoms with Gasteiger partial charge >= 0.3 is 0 Å². The number of anilines is 1. The van der Waals surface area contributed by atoms with Gasteiger partial charge in [-0.1, -0.05) is 12.1 Å². The number of hydrogen-bond donors (Lipinski definition) is 1. The Morgan fingerprint density at radius 3 is 2.71 bits per heavy atom. The van der Waals surface area contributed by atoms with Gasteiger partial charge in [0.25, 0.3) is 5.56 Å². The number of nitrogens with zero attached hydrogens (tertiary/aromatic N) is 2. The summed E-state index contributed by atoms with van der Waals surface area (Å²) in [6.07, 6.45) is 0. The lowest BCUT2D eigenvalue weighted by Gasteiger charge is -2.11. The number of amides is 1. The summed E-state index contributed by atoms with van der Waals surface area (Å²) in [5.74, 6) is -2.22. The Bertz CT molecular complexity index is 999. The number of nitrogens with one attached hydrogen (secondary N) is 1. The second-order valence-corrected chi connectivity index (χ2v) is 5.25. The first-order valence-corrected chi connectivity index (χ1v) is 7.17. The fourth-order valence-electron chi connectivity index (χ4n) is 2.40. The predicted octanol–water partition coefficient (Wildman–Crippen LogP) is 2.62. The van der Waals surface area contributed by atoms with E-state index in [-0.39, 0.29) is 17.9 Å². The molecule has 0 bridgehead atoms. The third-order valence-electron chi connectivity index (χ3n) is 3.52. The van der Waals surface area contributed by atoms with Crippen molar-refractivity contribution in [2.45, 2.75) is 13.5 Å². The quantitative estimate of drug-likeness (QED) is 0.803. The minimum absolute atomic E-state index is 0.149. The van der Waals surface area contributed by atoms with Gasteiger partial charge in [0.1, 0.15) is 23.9 Å². The molecule has 24 heavy (non-hydrogen) atoms. The number of carbonyl (C=O) groups excluding carboxylic acids is 1. The van der Waals surface area contributed by atoms with Gasteiger partial charge in [0.2, 0.25) is 5.91 Å². The minimum atomic E-state index is -0.883. The molecule has 122 valence electrons. The van der Waals surface area contributed by atoms with Crippen LogP contribution in [0.15, 0.2) is 47.3 Å². The van der Waals surface area contributed by atoms with Gasteiger partial charge < -0.3 is 5.32 Å². The number of rotatable bonds is 3. The molecule has 3 aromatic rings. The Hall–Kier alpha value is -3.09. The molecule has 2 aromatic carbocycles. The lowest BCUT2D eigenvalue weighted by Crippen LogP contribution is -2.30. The van der Waals surface area contributed by atoms with E-state index in [2.05, 4.69) is 10.3 Å². The Kier molecular flexibility index (Phi) is 4.07. The topological polar surface area (TPSA) is 64.0 Å². The maximum absolute atomic E-state index is 13.6. The van der Waals surface area contributed by atoms with Crippen molar-refractivity contribution < 1.29 is 13.6 Å². The van der Waals surface area contributed by atoms with Crippen molar-refractivity contribution in [2.75, 3.05) is 5.32 Å². The molecule has 0 aliphatic rings. The monoisotopic (exact) mass is 329 g/mol. The third-order valence-corrected chi connectivity index (χ3v) is 3.52. The molecule has 0 fully saturated rings. The van der Waals surface area contributed by atoms with Gasteiger partial charge in [-0.15, -0.1) is 0 Å². The molecule has 0 saturated heterocycles. The summed E-state index contributed by atoms with van der Waals surface area (Å²) in [6.45, 7) is 1.25. The molecule has 1 aromatic heterocycles. The van der Waals surface area contributed by atoms with Crippen molar-refractivity contribution in [2.24, 2.45) is 0 Å². The number of carbonyl (C=O) groups is 1. The van der Waals surface area contributed by atoms with E-state index in [1.807, 2.05) is 0 Å². The highest BCUT2D eigenvalue weighted by molar-refractivity contribution is 5.91. The molecule has 3 rings (SSSR count). The predicted molar refractivity (Wildman–Crippen MR) is 85.7 cm³/mol. The molecule has 7 heteroatoms. The van der Waals surface area contributed by atoms with Gasteiger partial charge in [0.15, 0.2) is 0 Å². The average Bonchev–Trinajstić information content (AvgIpc) is 2.54. The number of para-hydroxylation sites is 2. The summed E-state index contributed by atoms with van der Waals surface area (Å²) in [5, 5.41) is 2.34. The van der Waals surface area contributed by atoms with Gasteiger partial charge in [0, 0.05) is 6.07 Å². The fraction of sp³-hybridized carbons (Fsp3) is 0.118. The number of hydrogen-bond acceptors (Lipinski definition) is 3. The molecule has 0 saturated carbocycles. The molecular weight excluding hydrogens is 316 g/mol. The highest BCUT2D eigenvalue weighted by Gasteiger charge is 2.13. The van der Waals surface area contributed by atoms with Crippen LogP contribution in [0.4, 0.5) is 14.5 Å². The second kappa shape index (κ2) is 6.19. The molecule has 0 aliphatic carbocycles. The van der Waals surface area contributed by atoms with Crippen LogP contribution in [0.25, 0.3) is 11.0 Å². The van der Waals surface area contributed by atoms with Gasteiger partial charge in [0.05, 0.1) is 16.7 Å². The minimum Gasteiger partial charge on any atom is -0.322 e. The molecular formula is C17H13F2N3O2. The van der Waals surface area contributed by atoms with Crippen LogP contribution in [-0.4, -0.2) is 15.5 Å². The van der Waals surface area contributed by atoms with Crippen LogP contribution in [0.1, 0.15) is 5.69 Å². The number of fused-ring (bicyclic) bond motifs is 1. The van der Waals surface area contributed by atoms with Crippen molar-refractivity contribution in [1.82, 2.24) is 9.55 Å². The number of aromatic nitrogens is 2. The van der Waals surface area contributed by atoms with Gasteiger partial charge in [-0.3, -0.25) is 14.2 Å². The molecule has 5 nitrogen and oxygen atoms in total. The van der Waals surface area contributed by atoms with Crippen LogP contribution < -0.4 is 10.9 Å². The molecule has 0 unspecified atom stereocenters. The highest BCUT2D eigenvalue weighted by atomic mass is 19.1. The van der Waals surface area contributed by atoms with Crippen molar-refractivity contribution in [1.29, 1.82) is 0 Å². The summed E-state index contributed by atoms with van der Waals surface area (Å²) in [7, 11) is 0. The Morgan fingerprint density at radius 2 is 1.96 bits per heavy atom. The maximum Gasteiger partial charge on any atom is 0.272 e. The normalized spacial score (nSPS) is 10.8. The van der Waals surface area contributed by atoms with E-state index in [1.54, 1.807) is 31.2 Å². The SMILES string of the molecule is Cc1nc2ccccc2n(CC(=O)Nc2ccc(F)cc2F)c1=O. The van der Waals surface area contributed by atoms with Gasteiger partial charge in [-0.05, 0) is 31.2 Å². The fourth-order valence-corrected chi connectivity index (χ4v) is 2.40. The van der Waals surface area contributed by atoms with E-state index in [0.29, 0.717) is 17.1 Å². The third kappa shape index (κ3) is 3.01. The molecule has 0 radical (unpaired) electrons. The summed E-state index contributed by atoms with van der Waals surface area (Å²) in [5.41, 5.74) is 0.792. The van der Waals surface area contributed by atoms with Crippen molar-refractivity contribution in [3.8, 4) is 0 Å². The van der Waals surface area contributed by atoms with Gasteiger partial charge in [-0.25, -0.2) is 13.8 Å². The molecule has 1 N–H and O–H groups in total. The smallest absolute Gasteiger partial charge is 0.272 e. The van der Waals surface area contributed by atoms with Crippen LogP contribution in [0, 0.1) is 18.6 Å². The Balaban J connectivity index is 1.93. The van der Waals surface area contributed by atoms with Crippen LogP contribution >= 0.6 is 0 Å². The Morgan fingerprint density at radius 1 is 1.21 bits per heavy atom. The van der Waals surface area contributed by atoms with Crippen molar-refractivity contribution in [3.05, 3.63) is 70.1 Å². The standard InChI is InChI=1S/C17H13F2N3O2/c1-10-17(24)22(15-5-3-2-4-14(15)20-10)9-16(23)21-13-7-6-11(18)8-12(13)19/h2-8H,9H2,1H3,(H,21,23). The van der Waals surface area contributed by atoms with Crippen LogP contribution in [0.2, 0.25) is 0 Å². The summed E-state index contributed by atoms with van der Waals surface area (Å²) < 4.78 is 27.8. The van der Waals surface area contributed by atoms with E-state index >= 15 is 0 Å². The van der Waals surface area contributed by atoms with Crippen molar-refractivity contribution >= 4 is 22.6 Å². The first-order chi connectivity index (χ1) is 11.5. The second-order valence-electron chi connectivity index (χ2n) is 5.25. The Labute approximate surface area is 135 Å². The summed E-state index contributed by atoms with van der Waals surface area (Å²) in [6, 6.07) is 9.75. The van der Waals surface area contributed by atoms with E-state index < -0.39 is 23.1 Å². The molecule has 0 aliphatic heterocycles. The largest absolute Gasteiger partial charge is 0.322 e. The molecule has 0 atom stereocenters. The summed E-state index contributed by atoms with van der Waals surface area (Å²) in [4.78, 5) is 28.6. The molecule has 1 amide bonds. The zero-order valence-electron chi connectivity index (χ0n) is 12.7. The molecule has 0 spiro atoms. The first kappa shape index (κ1) is 15.8. The molecule has 1 heterocycles. The first-order valence-electron chi connectivity index (χ1n) is 7.17. The summed E-state index contributed by atoms with van der Waals surface area (Å²) >= 11 is 0. The average molecular weight is 329 g/mol. The zero-order valence-corrected chi connectivity index (χ0v) is 12.7. The highest BCUT2D eigenvalue weighted by Crippen LogP contribution is 2.15. The van der Waals surface area contributed by atoms with Crippen LogP contribution in [0.5, 0.6) is 0 Å². The van der Waals surface area contributed by atoms with E-state index in [9.17, 15) is 18.4 Å². The number of halogens is 2. The zero-order chi connectivity index (χ0) is 17.3. The van der Waals surface area contributed by atoms with Crippen molar-refractivity contribution in [3.63, 3.8) is 0 Å². The van der Waals surface area contributed by atoms with E-state index in [0.717, 1.165) is 12.1 Å².